The molecule has 1 aromatic heterocycles. The SMILES string of the molecule is CC1CN(Cc2cccnc2)C(C)(c2ccccc2)CN1. The minimum Gasteiger partial charge on any atom is -0.311 e. The number of aromatic nitrogens is 1. The Morgan fingerprint density at radius 2 is 2.05 bits per heavy atom. The molecule has 1 aliphatic rings. The lowest BCUT2D eigenvalue weighted by Gasteiger charge is -2.48. The first-order chi connectivity index (χ1) is 10.2. The third kappa shape index (κ3) is 2.99. The van der Waals surface area contributed by atoms with Gasteiger partial charge in [0.25, 0.3) is 0 Å². The van der Waals surface area contributed by atoms with Gasteiger partial charge in [-0.1, -0.05) is 36.4 Å². The smallest absolute Gasteiger partial charge is 0.0561 e. The van der Waals surface area contributed by atoms with Crippen LogP contribution in [-0.4, -0.2) is 29.0 Å². The van der Waals surface area contributed by atoms with E-state index in [9.17, 15) is 0 Å². The van der Waals surface area contributed by atoms with Crippen LogP contribution in [0.15, 0.2) is 54.9 Å². The van der Waals surface area contributed by atoms with Gasteiger partial charge < -0.3 is 5.32 Å². The molecule has 0 amide bonds. The number of rotatable bonds is 3. The topological polar surface area (TPSA) is 28.2 Å². The van der Waals surface area contributed by atoms with Crippen molar-refractivity contribution in [3.63, 3.8) is 0 Å². The molecule has 21 heavy (non-hydrogen) atoms. The predicted molar refractivity (Wildman–Crippen MR) is 85.9 cm³/mol. The quantitative estimate of drug-likeness (QED) is 0.937. The van der Waals surface area contributed by atoms with Gasteiger partial charge in [0.1, 0.15) is 0 Å². The van der Waals surface area contributed by atoms with E-state index in [0.29, 0.717) is 6.04 Å². The maximum Gasteiger partial charge on any atom is 0.0561 e. The summed E-state index contributed by atoms with van der Waals surface area (Å²) < 4.78 is 0. The molecule has 2 aromatic rings. The zero-order valence-corrected chi connectivity index (χ0v) is 12.8. The van der Waals surface area contributed by atoms with E-state index in [1.54, 1.807) is 0 Å². The second-order valence-electron chi connectivity index (χ2n) is 6.16. The molecule has 0 spiro atoms. The van der Waals surface area contributed by atoms with E-state index in [4.69, 9.17) is 0 Å². The number of pyridine rings is 1. The predicted octanol–water partition coefficient (Wildman–Crippen LogP) is 2.79. The van der Waals surface area contributed by atoms with E-state index in [1.807, 2.05) is 18.5 Å². The lowest BCUT2D eigenvalue weighted by Crippen LogP contribution is -2.60. The van der Waals surface area contributed by atoms with Crippen molar-refractivity contribution in [2.75, 3.05) is 13.1 Å². The molecule has 2 heterocycles. The fourth-order valence-corrected chi connectivity index (χ4v) is 3.11. The summed E-state index contributed by atoms with van der Waals surface area (Å²) >= 11 is 0. The van der Waals surface area contributed by atoms with Crippen LogP contribution in [0.1, 0.15) is 25.0 Å². The highest BCUT2D eigenvalue weighted by Gasteiger charge is 2.37. The molecule has 2 atom stereocenters. The third-order valence-corrected chi connectivity index (χ3v) is 4.48. The van der Waals surface area contributed by atoms with E-state index in [2.05, 4.69) is 65.4 Å². The summed E-state index contributed by atoms with van der Waals surface area (Å²) in [4.78, 5) is 6.82. The number of benzene rings is 1. The normalized spacial score (nSPS) is 26.7. The van der Waals surface area contributed by atoms with E-state index >= 15 is 0 Å². The van der Waals surface area contributed by atoms with Crippen LogP contribution in [0.5, 0.6) is 0 Å². The lowest BCUT2D eigenvalue weighted by atomic mass is 9.86. The molecule has 0 radical (unpaired) electrons. The van der Waals surface area contributed by atoms with Crippen molar-refractivity contribution in [1.29, 1.82) is 0 Å². The molecule has 1 aliphatic heterocycles. The van der Waals surface area contributed by atoms with E-state index in [-0.39, 0.29) is 5.54 Å². The highest BCUT2D eigenvalue weighted by molar-refractivity contribution is 5.26. The largest absolute Gasteiger partial charge is 0.311 e. The van der Waals surface area contributed by atoms with Crippen molar-refractivity contribution in [1.82, 2.24) is 15.2 Å². The average Bonchev–Trinajstić information content (AvgIpc) is 2.53. The molecule has 2 unspecified atom stereocenters. The number of nitrogens with one attached hydrogen (secondary N) is 1. The number of hydrogen-bond donors (Lipinski definition) is 1. The minimum atomic E-state index is 0.0175. The minimum absolute atomic E-state index is 0.0175. The molecule has 1 N–H and O–H groups in total. The first-order valence-corrected chi connectivity index (χ1v) is 7.61. The van der Waals surface area contributed by atoms with Gasteiger partial charge in [0.2, 0.25) is 0 Å². The van der Waals surface area contributed by atoms with E-state index < -0.39 is 0 Å². The fraction of sp³-hybridized carbons (Fsp3) is 0.389. The summed E-state index contributed by atoms with van der Waals surface area (Å²) in [7, 11) is 0. The number of nitrogens with zero attached hydrogens (tertiary/aromatic N) is 2. The Bertz CT molecular complexity index is 570. The molecular formula is C18H23N3. The molecule has 1 saturated heterocycles. The average molecular weight is 281 g/mol. The first-order valence-electron chi connectivity index (χ1n) is 7.61. The van der Waals surface area contributed by atoms with Gasteiger partial charge in [-0.15, -0.1) is 0 Å². The fourth-order valence-electron chi connectivity index (χ4n) is 3.11. The van der Waals surface area contributed by atoms with Crippen LogP contribution in [0.3, 0.4) is 0 Å². The molecule has 0 bridgehead atoms. The first kappa shape index (κ1) is 14.2. The second kappa shape index (κ2) is 5.96. The molecule has 1 aromatic carbocycles. The molecule has 3 heteroatoms. The Morgan fingerprint density at radius 3 is 2.76 bits per heavy atom. The molecule has 0 aliphatic carbocycles. The summed E-state index contributed by atoms with van der Waals surface area (Å²) in [5.74, 6) is 0. The van der Waals surface area contributed by atoms with Crippen LogP contribution in [0.4, 0.5) is 0 Å². The molecule has 3 rings (SSSR count). The zero-order valence-electron chi connectivity index (χ0n) is 12.8. The van der Waals surface area contributed by atoms with Gasteiger partial charge in [-0.25, -0.2) is 0 Å². The molecular weight excluding hydrogens is 258 g/mol. The number of hydrogen-bond acceptors (Lipinski definition) is 3. The Labute approximate surface area is 127 Å². The maximum atomic E-state index is 4.25. The zero-order chi connectivity index (χ0) is 14.7. The standard InChI is InChI=1S/C18H23N3/c1-15-12-21(13-16-7-6-10-19-11-16)18(2,14-20-15)17-8-4-3-5-9-17/h3-11,15,20H,12-14H2,1-2H3. The van der Waals surface area contributed by atoms with Gasteiger partial charge >= 0.3 is 0 Å². The Kier molecular flexibility index (Phi) is 4.04. The van der Waals surface area contributed by atoms with Crippen LogP contribution >= 0.6 is 0 Å². The summed E-state index contributed by atoms with van der Waals surface area (Å²) in [6.07, 6.45) is 3.80. The Hall–Kier alpha value is -1.71. The van der Waals surface area contributed by atoms with Gasteiger partial charge in [-0.3, -0.25) is 9.88 Å². The van der Waals surface area contributed by atoms with Crippen molar-refractivity contribution >= 4 is 0 Å². The van der Waals surface area contributed by atoms with Crippen LogP contribution < -0.4 is 5.32 Å². The summed E-state index contributed by atoms with van der Waals surface area (Å²) in [6.45, 7) is 7.53. The maximum absolute atomic E-state index is 4.25. The van der Waals surface area contributed by atoms with Crippen LogP contribution in [0.25, 0.3) is 0 Å². The number of piperazine rings is 1. The van der Waals surface area contributed by atoms with Gasteiger partial charge in [0.15, 0.2) is 0 Å². The van der Waals surface area contributed by atoms with Gasteiger partial charge in [0.05, 0.1) is 5.54 Å². The molecule has 0 saturated carbocycles. The summed E-state index contributed by atoms with van der Waals surface area (Å²) in [5.41, 5.74) is 2.66. The molecule has 3 nitrogen and oxygen atoms in total. The van der Waals surface area contributed by atoms with E-state index in [0.717, 1.165) is 19.6 Å². The monoisotopic (exact) mass is 281 g/mol. The Morgan fingerprint density at radius 1 is 1.24 bits per heavy atom. The van der Waals surface area contributed by atoms with Gasteiger partial charge in [-0.2, -0.15) is 0 Å². The summed E-state index contributed by atoms with van der Waals surface area (Å²) in [6, 6.07) is 15.5. The van der Waals surface area contributed by atoms with Crippen LogP contribution in [0, 0.1) is 0 Å². The van der Waals surface area contributed by atoms with Crippen molar-refractivity contribution in [2.24, 2.45) is 0 Å². The van der Waals surface area contributed by atoms with Crippen molar-refractivity contribution in [3.05, 3.63) is 66.0 Å². The lowest BCUT2D eigenvalue weighted by molar-refractivity contribution is 0.0457. The van der Waals surface area contributed by atoms with Gasteiger partial charge in [-0.05, 0) is 31.0 Å². The second-order valence-corrected chi connectivity index (χ2v) is 6.16. The van der Waals surface area contributed by atoms with Crippen LogP contribution in [0.2, 0.25) is 0 Å². The highest BCUT2D eigenvalue weighted by Crippen LogP contribution is 2.31. The van der Waals surface area contributed by atoms with Crippen LogP contribution in [-0.2, 0) is 12.1 Å². The highest BCUT2D eigenvalue weighted by atomic mass is 15.3. The van der Waals surface area contributed by atoms with Crippen molar-refractivity contribution in [2.45, 2.75) is 32.0 Å². The molecule has 110 valence electrons. The molecule has 1 fully saturated rings. The van der Waals surface area contributed by atoms with E-state index in [1.165, 1.54) is 11.1 Å². The summed E-state index contributed by atoms with van der Waals surface area (Å²) in [5, 5.41) is 3.63. The van der Waals surface area contributed by atoms with Crippen molar-refractivity contribution in [3.8, 4) is 0 Å². The Balaban J connectivity index is 1.90. The van der Waals surface area contributed by atoms with Gasteiger partial charge in [0, 0.05) is 38.1 Å². The third-order valence-electron chi connectivity index (χ3n) is 4.48. The van der Waals surface area contributed by atoms with Crippen molar-refractivity contribution < 1.29 is 0 Å².